The zero-order valence-electron chi connectivity index (χ0n) is 16.7. The molecule has 3 heterocycles. The number of nitrogens with one attached hydrogen (secondary N) is 1. The van der Waals surface area contributed by atoms with E-state index in [2.05, 4.69) is 51.9 Å². The largest absolute Gasteiger partial charge is 0.323 e. The summed E-state index contributed by atoms with van der Waals surface area (Å²) in [4.78, 5) is 36.4. The quantitative estimate of drug-likeness (QED) is 0.362. The van der Waals surface area contributed by atoms with Gasteiger partial charge in [-0.2, -0.15) is 0 Å². The van der Waals surface area contributed by atoms with Crippen molar-refractivity contribution in [2.24, 2.45) is 0 Å². The number of amides is 2. The van der Waals surface area contributed by atoms with Gasteiger partial charge < -0.3 is 10.2 Å². The number of aromatic nitrogens is 2. The van der Waals surface area contributed by atoms with E-state index in [1.807, 2.05) is 18.2 Å². The van der Waals surface area contributed by atoms with Crippen LogP contribution in [0.15, 0.2) is 65.3 Å². The summed E-state index contributed by atoms with van der Waals surface area (Å²) in [5, 5.41) is 6.63. The number of thioether (sulfide) groups is 1. The molecule has 0 unspecified atom stereocenters. The van der Waals surface area contributed by atoms with Crippen LogP contribution in [0.2, 0.25) is 0 Å². The molecule has 1 N–H and O–H groups in total. The number of aryl methyl sites for hydroxylation is 1. The molecule has 0 aliphatic carbocycles. The first-order chi connectivity index (χ1) is 15.1. The van der Waals surface area contributed by atoms with Gasteiger partial charge >= 0.3 is 0 Å². The SMILES string of the molecule is Cc1ccc(-c2csc3ncnc(SCC(=O)N4CC(=O)Nc5ccccc54)c23)cc1. The van der Waals surface area contributed by atoms with E-state index >= 15 is 0 Å². The molecule has 2 amide bonds. The molecular formula is C23H18N4O2S2. The third kappa shape index (κ3) is 3.80. The van der Waals surface area contributed by atoms with Gasteiger partial charge in [0.2, 0.25) is 11.8 Å². The topological polar surface area (TPSA) is 75.2 Å². The lowest BCUT2D eigenvalue weighted by Crippen LogP contribution is -2.43. The molecule has 0 fully saturated rings. The third-order valence-corrected chi connectivity index (χ3v) is 6.96. The number of rotatable bonds is 4. The van der Waals surface area contributed by atoms with Crippen molar-refractivity contribution in [3.05, 3.63) is 65.8 Å². The van der Waals surface area contributed by atoms with Gasteiger partial charge in [-0.25, -0.2) is 9.97 Å². The van der Waals surface area contributed by atoms with Crippen LogP contribution in [-0.2, 0) is 9.59 Å². The standard InChI is InChI=1S/C23H18N4O2S2/c1-14-6-8-15(9-7-14)16-11-30-22-21(16)23(25-13-24-22)31-12-20(29)27-10-19(28)26-17-4-2-3-5-18(17)27/h2-9,11,13H,10,12H2,1H3,(H,26,28). The summed E-state index contributed by atoms with van der Waals surface area (Å²) in [6.45, 7) is 2.08. The molecule has 31 heavy (non-hydrogen) atoms. The van der Waals surface area contributed by atoms with Crippen LogP contribution in [0.3, 0.4) is 0 Å². The number of carbonyl (C=O) groups is 2. The summed E-state index contributed by atoms with van der Waals surface area (Å²) in [6, 6.07) is 15.7. The Hall–Kier alpha value is -3.23. The Bertz CT molecular complexity index is 1300. The first kappa shape index (κ1) is 19.7. The second kappa shape index (κ2) is 8.13. The normalized spacial score (nSPS) is 13.2. The van der Waals surface area contributed by atoms with Gasteiger partial charge in [-0.15, -0.1) is 11.3 Å². The molecular weight excluding hydrogens is 428 g/mol. The second-order valence-electron chi connectivity index (χ2n) is 7.21. The van der Waals surface area contributed by atoms with Gasteiger partial charge in [0, 0.05) is 10.9 Å². The number of fused-ring (bicyclic) bond motifs is 2. The monoisotopic (exact) mass is 446 g/mol. The van der Waals surface area contributed by atoms with Gasteiger partial charge in [-0.05, 0) is 24.6 Å². The van der Waals surface area contributed by atoms with E-state index in [0.29, 0.717) is 5.69 Å². The number of carbonyl (C=O) groups excluding carboxylic acids is 2. The van der Waals surface area contributed by atoms with E-state index in [1.165, 1.54) is 28.6 Å². The van der Waals surface area contributed by atoms with Crippen molar-refractivity contribution >= 4 is 56.5 Å². The Morgan fingerprint density at radius 1 is 1.16 bits per heavy atom. The van der Waals surface area contributed by atoms with E-state index in [0.717, 1.165) is 32.1 Å². The van der Waals surface area contributed by atoms with E-state index in [9.17, 15) is 9.59 Å². The summed E-state index contributed by atoms with van der Waals surface area (Å²) < 4.78 is 0. The molecule has 6 nitrogen and oxygen atoms in total. The smallest absolute Gasteiger partial charge is 0.244 e. The average Bonchev–Trinajstić information content (AvgIpc) is 3.22. The highest BCUT2D eigenvalue weighted by atomic mass is 32.2. The molecule has 1 aliphatic rings. The van der Waals surface area contributed by atoms with Crippen molar-refractivity contribution in [2.45, 2.75) is 11.9 Å². The molecule has 5 rings (SSSR count). The van der Waals surface area contributed by atoms with E-state index < -0.39 is 0 Å². The van der Waals surface area contributed by atoms with Crippen molar-refractivity contribution < 1.29 is 9.59 Å². The van der Waals surface area contributed by atoms with Crippen LogP contribution in [0.4, 0.5) is 11.4 Å². The molecule has 4 aromatic rings. The average molecular weight is 447 g/mol. The van der Waals surface area contributed by atoms with Gasteiger partial charge in [0.15, 0.2) is 0 Å². The van der Waals surface area contributed by atoms with Crippen LogP contribution in [0.1, 0.15) is 5.56 Å². The minimum Gasteiger partial charge on any atom is -0.323 e. The van der Waals surface area contributed by atoms with Gasteiger partial charge in [-0.3, -0.25) is 9.59 Å². The fraction of sp³-hybridized carbons (Fsp3) is 0.130. The summed E-state index contributed by atoms with van der Waals surface area (Å²) >= 11 is 2.94. The molecule has 8 heteroatoms. The molecule has 0 atom stereocenters. The maximum absolute atomic E-state index is 13.0. The highest BCUT2D eigenvalue weighted by Gasteiger charge is 2.27. The van der Waals surface area contributed by atoms with Gasteiger partial charge in [0.25, 0.3) is 0 Å². The Kier molecular flexibility index (Phi) is 5.17. The Morgan fingerprint density at radius 2 is 1.97 bits per heavy atom. The van der Waals surface area contributed by atoms with Crippen molar-refractivity contribution in [2.75, 3.05) is 22.5 Å². The lowest BCUT2D eigenvalue weighted by molar-refractivity contribution is -0.120. The maximum atomic E-state index is 13.0. The van der Waals surface area contributed by atoms with Gasteiger partial charge in [-0.1, -0.05) is 53.7 Å². The maximum Gasteiger partial charge on any atom is 0.244 e. The van der Waals surface area contributed by atoms with E-state index in [1.54, 1.807) is 17.4 Å². The molecule has 0 radical (unpaired) electrons. The fourth-order valence-electron chi connectivity index (χ4n) is 3.57. The van der Waals surface area contributed by atoms with Crippen LogP contribution in [0.25, 0.3) is 21.3 Å². The fourth-order valence-corrected chi connectivity index (χ4v) is 5.44. The van der Waals surface area contributed by atoms with E-state index in [-0.39, 0.29) is 24.1 Å². The van der Waals surface area contributed by atoms with Gasteiger partial charge in [0.05, 0.1) is 22.5 Å². The highest BCUT2D eigenvalue weighted by Crippen LogP contribution is 2.38. The third-order valence-electron chi connectivity index (χ3n) is 5.10. The summed E-state index contributed by atoms with van der Waals surface area (Å²) in [6.07, 6.45) is 1.54. The lowest BCUT2D eigenvalue weighted by Gasteiger charge is -2.29. The Balaban J connectivity index is 1.43. The van der Waals surface area contributed by atoms with Crippen molar-refractivity contribution in [3.8, 4) is 11.1 Å². The molecule has 0 spiro atoms. The summed E-state index contributed by atoms with van der Waals surface area (Å²) in [7, 11) is 0. The van der Waals surface area contributed by atoms with Crippen molar-refractivity contribution in [1.29, 1.82) is 0 Å². The number of hydrogen-bond donors (Lipinski definition) is 1. The zero-order valence-corrected chi connectivity index (χ0v) is 18.3. The molecule has 0 bridgehead atoms. The number of para-hydroxylation sites is 2. The lowest BCUT2D eigenvalue weighted by atomic mass is 10.1. The zero-order chi connectivity index (χ0) is 21.4. The molecule has 2 aromatic heterocycles. The molecule has 0 saturated heterocycles. The number of benzene rings is 2. The number of anilines is 2. The van der Waals surface area contributed by atoms with Crippen LogP contribution in [0.5, 0.6) is 0 Å². The van der Waals surface area contributed by atoms with Crippen LogP contribution >= 0.6 is 23.1 Å². The van der Waals surface area contributed by atoms with E-state index in [4.69, 9.17) is 0 Å². The minimum absolute atomic E-state index is 0.0165. The van der Waals surface area contributed by atoms with Gasteiger partial charge in [0.1, 0.15) is 22.7 Å². The molecule has 0 saturated carbocycles. The van der Waals surface area contributed by atoms with Crippen LogP contribution < -0.4 is 10.2 Å². The van der Waals surface area contributed by atoms with Crippen LogP contribution in [-0.4, -0.2) is 34.1 Å². The Morgan fingerprint density at radius 3 is 2.81 bits per heavy atom. The first-order valence-electron chi connectivity index (χ1n) is 9.71. The predicted molar refractivity (Wildman–Crippen MR) is 126 cm³/mol. The number of thiophene rings is 1. The summed E-state index contributed by atoms with van der Waals surface area (Å²) in [5.74, 6) is -0.149. The summed E-state index contributed by atoms with van der Waals surface area (Å²) in [5.41, 5.74) is 4.74. The Labute approximate surface area is 187 Å². The number of hydrogen-bond acceptors (Lipinski definition) is 6. The minimum atomic E-state index is -0.194. The molecule has 2 aromatic carbocycles. The molecule has 154 valence electrons. The van der Waals surface area contributed by atoms with Crippen molar-refractivity contribution in [3.63, 3.8) is 0 Å². The number of nitrogens with zero attached hydrogens (tertiary/aromatic N) is 3. The first-order valence-corrected chi connectivity index (χ1v) is 11.6. The van der Waals surface area contributed by atoms with Crippen LogP contribution in [0, 0.1) is 6.92 Å². The van der Waals surface area contributed by atoms with Crippen molar-refractivity contribution in [1.82, 2.24) is 9.97 Å². The molecule has 1 aliphatic heterocycles. The predicted octanol–water partition coefficient (Wildman–Crippen LogP) is 4.74. The second-order valence-corrected chi connectivity index (χ2v) is 9.03. The highest BCUT2D eigenvalue weighted by molar-refractivity contribution is 8.00.